The fourth-order valence-electron chi connectivity index (χ4n) is 3.63. The van der Waals surface area contributed by atoms with Gasteiger partial charge in [0.15, 0.2) is 0 Å². The minimum Gasteiger partial charge on any atom is -0.346 e. The van der Waals surface area contributed by atoms with E-state index in [0.29, 0.717) is 6.54 Å². The van der Waals surface area contributed by atoms with Crippen LogP contribution >= 0.6 is 11.3 Å². The van der Waals surface area contributed by atoms with Gasteiger partial charge in [-0.05, 0) is 55.5 Å². The van der Waals surface area contributed by atoms with E-state index in [2.05, 4.69) is 31.3 Å². The number of hydrogen-bond donors (Lipinski definition) is 2. The molecule has 0 atom stereocenters. The summed E-state index contributed by atoms with van der Waals surface area (Å²) < 4.78 is 0. The minimum absolute atomic E-state index is 0.0184. The predicted molar refractivity (Wildman–Crippen MR) is 109 cm³/mol. The summed E-state index contributed by atoms with van der Waals surface area (Å²) in [5, 5.41) is 3.95. The highest BCUT2D eigenvalue weighted by Gasteiger charge is 2.17. The molecular formula is C21H19N5OS. The highest BCUT2D eigenvalue weighted by molar-refractivity contribution is 7.14. The Morgan fingerprint density at radius 3 is 2.93 bits per heavy atom. The molecule has 6 nitrogen and oxygen atoms in total. The maximum atomic E-state index is 12.5. The van der Waals surface area contributed by atoms with Crippen LogP contribution in [0, 0.1) is 0 Å². The van der Waals surface area contributed by atoms with Crippen molar-refractivity contribution in [3.63, 3.8) is 0 Å². The number of H-pyrrole nitrogens is 1. The molecule has 0 bridgehead atoms. The van der Waals surface area contributed by atoms with Gasteiger partial charge in [0.25, 0.3) is 5.91 Å². The molecule has 0 aliphatic heterocycles. The van der Waals surface area contributed by atoms with Crippen molar-refractivity contribution >= 4 is 28.3 Å². The molecule has 7 heteroatoms. The second-order valence-electron chi connectivity index (χ2n) is 6.95. The van der Waals surface area contributed by atoms with Crippen LogP contribution < -0.4 is 5.32 Å². The molecule has 2 N–H and O–H groups in total. The van der Waals surface area contributed by atoms with E-state index in [1.807, 2.05) is 24.4 Å². The molecule has 0 saturated carbocycles. The number of pyridine rings is 1. The predicted octanol–water partition coefficient (Wildman–Crippen LogP) is 3.89. The van der Waals surface area contributed by atoms with Gasteiger partial charge in [0.1, 0.15) is 12.0 Å². The lowest BCUT2D eigenvalue weighted by molar-refractivity contribution is 0.0954. The van der Waals surface area contributed by atoms with Crippen LogP contribution in [0.15, 0.2) is 43.0 Å². The maximum absolute atomic E-state index is 12.5. The Balaban J connectivity index is 1.28. The van der Waals surface area contributed by atoms with Gasteiger partial charge in [0.05, 0.1) is 22.8 Å². The van der Waals surface area contributed by atoms with E-state index >= 15 is 0 Å². The van der Waals surface area contributed by atoms with E-state index in [4.69, 9.17) is 0 Å². The first kappa shape index (κ1) is 17.1. The summed E-state index contributed by atoms with van der Waals surface area (Å²) in [6, 6.07) is 7.92. The summed E-state index contributed by atoms with van der Waals surface area (Å²) in [6.45, 7) is 0.408. The van der Waals surface area contributed by atoms with Crippen LogP contribution in [0.4, 0.5) is 0 Å². The zero-order chi connectivity index (χ0) is 18.9. The summed E-state index contributed by atoms with van der Waals surface area (Å²) >= 11 is 1.63. The lowest BCUT2D eigenvalue weighted by Crippen LogP contribution is -2.22. The zero-order valence-corrected chi connectivity index (χ0v) is 16.1. The third kappa shape index (κ3) is 3.18. The van der Waals surface area contributed by atoms with Gasteiger partial charge in [-0.1, -0.05) is 0 Å². The first-order valence-corrected chi connectivity index (χ1v) is 10.2. The molecule has 0 fully saturated rings. The lowest BCUT2D eigenvalue weighted by atomic mass is 9.99. The van der Waals surface area contributed by atoms with E-state index in [1.54, 1.807) is 23.9 Å². The molecule has 1 aliphatic rings. The Bertz CT molecular complexity index is 1120. The lowest BCUT2D eigenvalue weighted by Gasteiger charge is -2.08. The second-order valence-corrected chi connectivity index (χ2v) is 8.09. The summed E-state index contributed by atoms with van der Waals surface area (Å²) in [7, 11) is 0. The summed E-state index contributed by atoms with van der Waals surface area (Å²) in [5.74, 6) is -0.0184. The van der Waals surface area contributed by atoms with Crippen molar-refractivity contribution < 1.29 is 4.79 Å². The number of aromatic amines is 1. The number of thiophene rings is 1. The molecule has 4 heterocycles. The fourth-order valence-corrected chi connectivity index (χ4v) is 4.80. The average molecular weight is 389 g/mol. The van der Waals surface area contributed by atoms with Crippen molar-refractivity contribution in [3.8, 4) is 11.3 Å². The van der Waals surface area contributed by atoms with Crippen molar-refractivity contribution in [3.05, 3.63) is 64.0 Å². The van der Waals surface area contributed by atoms with Crippen LogP contribution in [0.1, 0.15) is 38.6 Å². The van der Waals surface area contributed by atoms with Gasteiger partial charge in [-0.2, -0.15) is 0 Å². The monoisotopic (exact) mass is 389 g/mol. The molecule has 0 radical (unpaired) electrons. The number of aryl methyl sites for hydroxylation is 2. The molecule has 1 aliphatic carbocycles. The number of nitrogens with zero attached hydrogens (tertiary/aromatic N) is 3. The molecule has 5 rings (SSSR count). The Hall–Kier alpha value is -3.06. The number of carbonyl (C=O) groups is 1. The van der Waals surface area contributed by atoms with Gasteiger partial charge >= 0.3 is 0 Å². The van der Waals surface area contributed by atoms with Crippen molar-refractivity contribution in [2.24, 2.45) is 0 Å². The Morgan fingerprint density at radius 1 is 1.14 bits per heavy atom. The van der Waals surface area contributed by atoms with Crippen LogP contribution in [-0.4, -0.2) is 25.8 Å². The van der Waals surface area contributed by atoms with Gasteiger partial charge in [-0.3, -0.25) is 9.78 Å². The summed E-state index contributed by atoms with van der Waals surface area (Å²) in [6.07, 6.45) is 9.84. The maximum Gasteiger partial charge on any atom is 0.261 e. The molecule has 4 aromatic rings. The molecule has 4 aromatic heterocycles. The molecule has 0 saturated heterocycles. The molecule has 28 heavy (non-hydrogen) atoms. The Kier molecular flexibility index (Phi) is 4.37. The van der Waals surface area contributed by atoms with Gasteiger partial charge in [0, 0.05) is 28.2 Å². The first-order valence-electron chi connectivity index (χ1n) is 9.41. The molecule has 0 aromatic carbocycles. The highest BCUT2D eigenvalue weighted by atomic mass is 32.1. The minimum atomic E-state index is -0.0184. The molecule has 140 valence electrons. The van der Waals surface area contributed by atoms with Gasteiger partial charge < -0.3 is 10.3 Å². The largest absolute Gasteiger partial charge is 0.346 e. The van der Waals surface area contributed by atoms with Crippen molar-refractivity contribution in [1.29, 1.82) is 0 Å². The van der Waals surface area contributed by atoms with E-state index in [-0.39, 0.29) is 5.91 Å². The Labute approximate surface area is 166 Å². The molecule has 0 unspecified atom stereocenters. The van der Waals surface area contributed by atoms with Gasteiger partial charge in [0.2, 0.25) is 0 Å². The highest BCUT2D eigenvalue weighted by Crippen LogP contribution is 2.29. The van der Waals surface area contributed by atoms with E-state index in [1.165, 1.54) is 23.3 Å². The summed E-state index contributed by atoms with van der Waals surface area (Å²) in [4.78, 5) is 30.9. The summed E-state index contributed by atoms with van der Waals surface area (Å²) in [5.41, 5.74) is 4.74. The second kappa shape index (κ2) is 7.16. The average Bonchev–Trinajstić information content (AvgIpc) is 3.39. The van der Waals surface area contributed by atoms with Crippen LogP contribution in [0.3, 0.4) is 0 Å². The third-order valence-electron chi connectivity index (χ3n) is 5.10. The smallest absolute Gasteiger partial charge is 0.261 e. The number of carbonyl (C=O) groups excluding carboxylic acids is 1. The number of nitrogens with one attached hydrogen (secondary N) is 2. The van der Waals surface area contributed by atoms with Crippen LogP contribution in [-0.2, 0) is 19.4 Å². The van der Waals surface area contributed by atoms with E-state index in [0.717, 1.165) is 45.7 Å². The number of hydrogen-bond acceptors (Lipinski definition) is 5. The van der Waals surface area contributed by atoms with Crippen molar-refractivity contribution in [2.75, 3.05) is 0 Å². The van der Waals surface area contributed by atoms with Crippen molar-refractivity contribution in [1.82, 2.24) is 25.3 Å². The normalized spacial score (nSPS) is 13.4. The van der Waals surface area contributed by atoms with Crippen molar-refractivity contribution in [2.45, 2.75) is 32.2 Å². The number of aromatic nitrogens is 4. The topological polar surface area (TPSA) is 83.6 Å². The molecule has 0 spiro atoms. The number of fused-ring (bicyclic) bond motifs is 2. The standard InChI is InChI=1S/C21H19N5OS/c27-21(18-9-13-3-1-2-4-17(13)28-18)24-11-15-6-5-14(10-23-15)19-16-7-8-22-20(16)26-12-25-19/h5-10,12H,1-4,11H2,(H,24,27)(H,22,25,26). The molecular weight excluding hydrogens is 370 g/mol. The first-order chi connectivity index (χ1) is 13.8. The van der Waals surface area contributed by atoms with Crippen LogP contribution in [0.5, 0.6) is 0 Å². The Morgan fingerprint density at radius 2 is 2.07 bits per heavy atom. The van der Waals surface area contributed by atoms with Crippen LogP contribution in [0.2, 0.25) is 0 Å². The zero-order valence-electron chi connectivity index (χ0n) is 15.2. The number of amides is 1. The number of rotatable bonds is 4. The van der Waals surface area contributed by atoms with Gasteiger partial charge in [-0.15, -0.1) is 11.3 Å². The third-order valence-corrected chi connectivity index (χ3v) is 6.34. The van der Waals surface area contributed by atoms with Gasteiger partial charge in [-0.25, -0.2) is 9.97 Å². The van der Waals surface area contributed by atoms with E-state index in [9.17, 15) is 4.79 Å². The van der Waals surface area contributed by atoms with Crippen LogP contribution in [0.25, 0.3) is 22.3 Å². The SMILES string of the molecule is O=C(NCc1ccc(-c2ncnc3[nH]ccc23)cn1)c1cc2c(s1)CCCC2. The fraction of sp³-hybridized carbons (Fsp3) is 0.238. The quantitative estimate of drug-likeness (QED) is 0.555. The van der Waals surface area contributed by atoms with E-state index < -0.39 is 0 Å². The molecule has 1 amide bonds.